The van der Waals surface area contributed by atoms with Gasteiger partial charge in [-0.2, -0.15) is 0 Å². The Bertz CT molecular complexity index is 469. The molecule has 18 heavy (non-hydrogen) atoms. The van der Waals surface area contributed by atoms with Crippen molar-refractivity contribution in [2.45, 2.75) is 20.3 Å². The van der Waals surface area contributed by atoms with Crippen LogP contribution in [0.15, 0.2) is 29.8 Å². The van der Waals surface area contributed by atoms with Gasteiger partial charge in [0.15, 0.2) is 0 Å². The van der Waals surface area contributed by atoms with Gasteiger partial charge in [-0.25, -0.2) is 8.78 Å². The lowest BCUT2D eigenvalue weighted by Gasteiger charge is -2.10. The highest BCUT2D eigenvalue weighted by atomic mass is 19.3. The molecule has 6 heteroatoms. The second-order valence-corrected chi connectivity index (χ2v) is 3.99. The highest BCUT2D eigenvalue weighted by molar-refractivity contribution is 5.57. The van der Waals surface area contributed by atoms with Crippen LogP contribution in [0.4, 0.5) is 20.2 Å². The van der Waals surface area contributed by atoms with Crippen molar-refractivity contribution in [2.75, 3.05) is 11.9 Å². The average Bonchev–Trinajstić information content (AvgIpc) is 2.28. The lowest BCUT2D eigenvalue weighted by atomic mass is 10.1. The lowest BCUT2D eigenvalue weighted by Crippen LogP contribution is -2.03. The van der Waals surface area contributed by atoms with Crippen LogP contribution in [-0.2, 0) is 0 Å². The Morgan fingerprint density at radius 1 is 1.50 bits per heavy atom. The molecular formula is C12H14F2N2O2. The average molecular weight is 256 g/mol. The molecule has 98 valence electrons. The van der Waals surface area contributed by atoms with Crippen molar-refractivity contribution in [1.29, 1.82) is 0 Å². The first-order valence-electron chi connectivity index (χ1n) is 5.35. The molecule has 1 N–H and O–H groups in total. The van der Waals surface area contributed by atoms with E-state index >= 15 is 0 Å². The van der Waals surface area contributed by atoms with Crippen molar-refractivity contribution in [1.82, 2.24) is 0 Å². The number of hydrogen-bond acceptors (Lipinski definition) is 3. The monoisotopic (exact) mass is 256 g/mol. The first-order chi connectivity index (χ1) is 8.41. The van der Waals surface area contributed by atoms with E-state index in [1.165, 1.54) is 12.1 Å². The third kappa shape index (κ3) is 3.80. The molecule has 0 aromatic heterocycles. The molecule has 0 atom stereocenters. The van der Waals surface area contributed by atoms with Gasteiger partial charge < -0.3 is 5.32 Å². The zero-order valence-corrected chi connectivity index (χ0v) is 10.1. The fraction of sp³-hybridized carbons (Fsp3) is 0.333. The Hall–Kier alpha value is -1.98. The van der Waals surface area contributed by atoms with Crippen LogP contribution in [0.2, 0.25) is 0 Å². The summed E-state index contributed by atoms with van der Waals surface area (Å²) in [7, 11) is 0. The summed E-state index contributed by atoms with van der Waals surface area (Å²) >= 11 is 0. The van der Waals surface area contributed by atoms with Gasteiger partial charge in [0.2, 0.25) is 0 Å². The molecule has 0 unspecified atom stereocenters. The minimum Gasteiger partial charge on any atom is -0.381 e. The van der Waals surface area contributed by atoms with E-state index in [0.29, 0.717) is 6.54 Å². The summed E-state index contributed by atoms with van der Waals surface area (Å²) in [6, 6.07) is 3.41. The molecule has 1 aromatic rings. The molecule has 1 rings (SSSR count). The standard InChI is InChI=1S/C12H14F2N2O2/c1-8(2)5-6-15-11-4-3-9(16(17)18)7-10(11)12(13)14/h3-5,7,12,15H,6H2,1-2H3. The molecule has 0 aliphatic carbocycles. The molecule has 4 nitrogen and oxygen atoms in total. The number of nitrogens with zero attached hydrogens (tertiary/aromatic N) is 1. The first kappa shape index (κ1) is 14.1. The number of anilines is 1. The van der Waals surface area contributed by atoms with Crippen LogP contribution in [-0.4, -0.2) is 11.5 Å². The minimum atomic E-state index is -2.75. The molecule has 0 aliphatic rings. The van der Waals surface area contributed by atoms with Gasteiger partial charge in [-0.15, -0.1) is 0 Å². The predicted octanol–water partition coefficient (Wildman–Crippen LogP) is 3.91. The molecule has 0 saturated carbocycles. The second kappa shape index (κ2) is 6.09. The Labute approximate surface area is 103 Å². The zero-order chi connectivity index (χ0) is 13.7. The van der Waals surface area contributed by atoms with Crippen LogP contribution in [0.5, 0.6) is 0 Å². The summed E-state index contributed by atoms with van der Waals surface area (Å²) in [4.78, 5) is 9.83. The fourth-order valence-corrected chi connectivity index (χ4v) is 1.37. The fourth-order valence-electron chi connectivity index (χ4n) is 1.37. The summed E-state index contributed by atoms with van der Waals surface area (Å²) in [6.07, 6.45) is -0.907. The van der Waals surface area contributed by atoms with Crippen molar-refractivity contribution in [3.05, 3.63) is 45.5 Å². The number of non-ortho nitro benzene ring substituents is 1. The molecule has 0 amide bonds. The van der Waals surface area contributed by atoms with Gasteiger partial charge in [-0.1, -0.05) is 11.6 Å². The van der Waals surface area contributed by atoms with Crippen LogP contribution in [0.3, 0.4) is 0 Å². The van der Waals surface area contributed by atoms with E-state index in [1.807, 2.05) is 19.9 Å². The van der Waals surface area contributed by atoms with Crippen molar-refractivity contribution >= 4 is 11.4 Å². The van der Waals surface area contributed by atoms with Crippen molar-refractivity contribution in [3.8, 4) is 0 Å². The number of hydrogen-bond donors (Lipinski definition) is 1. The van der Waals surface area contributed by atoms with Gasteiger partial charge in [-0.05, 0) is 19.9 Å². The van der Waals surface area contributed by atoms with Crippen LogP contribution in [0.25, 0.3) is 0 Å². The summed E-state index contributed by atoms with van der Waals surface area (Å²) in [6.45, 7) is 4.19. The third-order valence-corrected chi connectivity index (χ3v) is 2.28. The molecule has 0 fully saturated rings. The maximum atomic E-state index is 12.8. The SMILES string of the molecule is CC(C)=CCNc1ccc([N+](=O)[O-])cc1C(F)F. The minimum absolute atomic E-state index is 0.216. The number of alkyl halides is 2. The van der Waals surface area contributed by atoms with E-state index in [-0.39, 0.29) is 16.9 Å². The number of nitro groups is 1. The number of halogens is 2. The largest absolute Gasteiger partial charge is 0.381 e. The van der Waals surface area contributed by atoms with E-state index in [4.69, 9.17) is 0 Å². The van der Waals surface area contributed by atoms with Gasteiger partial charge >= 0.3 is 0 Å². The number of nitrogens with one attached hydrogen (secondary N) is 1. The molecule has 1 aromatic carbocycles. The topological polar surface area (TPSA) is 55.2 Å². The maximum Gasteiger partial charge on any atom is 0.270 e. The van der Waals surface area contributed by atoms with Crippen molar-refractivity contribution in [3.63, 3.8) is 0 Å². The summed E-state index contributed by atoms with van der Waals surface area (Å²) in [5.41, 5.74) is 0.584. The molecule has 0 bridgehead atoms. The number of rotatable bonds is 5. The van der Waals surface area contributed by atoms with Crippen molar-refractivity contribution < 1.29 is 13.7 Å². The van der Waals surface area contributed by atoms with E-state index in [1.54, 1.807) is 0 Å². The van der Waals surface area contributed by atoms with E-state index < -0.39 is 11.3 Å². The first-order valence-corrected chi connectivity index (χ1v) is 5.35. The second-order valence-electron chi connectivity index (χ2n) is 3.99. The molecule has 0 radical (unpaired) electrons. The van der Waals surface area contributed by atoms with Crippen molar-refractivity contribution in [2.24, 2.45) is 0 Å². The van der Waals surface area contributed by atoms with Crippen LogP contribution in [0, 0.1) is 10.1 Å². The predicted molar refractivity (Wildman–Crippen MR) is 66.0 cm³/mol. The molecule has 0 spiro atoms. The van der Waals surface area contributed by atoms with Crippen LogP contribution < -0.4 is 5.32 Å². The van der Waals surface area contributed by atoms with Crippen LogP contribution >= 0.6 is 0 Å². The molecule has 0 heterocycles. The summed E-state index contributed by atoms with van der Waals surface area (Å²) in [5, 5.41) is 13.3. The Balaban J connectivity index is 2.97. The van der Waals surface area contributed by atoms with Gasteiger partial charge in [0.1, 0.15) is 0 Å². The van der Waals surface area contributed by atoms with E-state index in [2.05, 4.69) is 5.32 Å². The summed E-state index contributed by atoms with van der Waals surface area (Å²) < 4.78 is 25.6. The van der Waals surface area contributed by atoms with Gasteiger partial charge in [-0.3, -0.25) is 10.1 Å². The van der Waals surface area contributed by atoms with Crippen LogP contribution in [0.1, 0.15) is 25.8 Å². The van der Waals surface area contributed by atoms with Gasteiger partial charge in [0, 0.05) is 29.9 Å². The number of allylic oxidation sites excluding steroid dienone is 1. The van der Waals surface area contributed by atoms with E-state index in [0.717, 1.165) is 11.6 Å². The van der Waals surface area contributed by atoms with Gasteiger partial charge in [0.05, 0.1) is 4.92 Å². The van der Waals surface area contributed by atoms with E-state index in [9.17, 15) is 18.9 Å². The third-order valence-electron chi connectivity index (χ3n) is 2.28. The normalized spacial score (nSPS) is 10.3. The lowest BCUT2D eigenvalue weighted by molar-refractivity contribution is -0.385. The molecular weight excluding hydrogens is 242 g/mol. The maximum absolute atomic E-state index is 12.8. The summed E-state index contributed by atoms with van der Waals surface area (Å²) in [5.74, 6) is 0. The molecule has 0 saturated heterocycles. The number of benzene rings is 1. The highest BCUT2D eigenvalue weighted by Crippen LogP contribution is 2.30. The number of nitro benzene ring substituents is 1. The Kier molecular flexibility index (Phi) is 4.76. The Morgan fingerprint density at radius 3 is 2.67 bits per heavy atom. The Morgan fingerprint density at radius 2 is 2.17 bits per heavy atom. The molecule has 0 aliphatic heterocycles. The smallest absolute Gasteiger partial charge is 0.270 e. The van der Waals surface area contributed by atoms with Gasteiger partial charge in [0.25, 0.3) is 12.1 Å². The highest BCUT2D eigenvalue weighted by Gasteiger charge is 2.17. The zero-order valence-electron chi connectivity index (χ0n) is 10.1. The quantitative estimate of drug-likeness (QED) is 0.493.